The van der Waals surface area contributed by atoms with Crippen LogP contribution < -0.4 is 0 Å². The minimum atomic E-state index is -0.543. The molecule has 3 nitrogen and oxygen atoms in total. The molecule has 0 saturated carbocycles. The summed E-state index contributed by atoms with van der Waals surface area (Å²) in [5.41, 5.74) is 0. The van der Waals surface area contributed by atoms with E-state index in [2.05, 4.69) is 20.9 Å². The van der Waals surface area contributed by atoms with Crippen LogP contribution in [0.25, 0.3) is 0 Å². The van der Waals surface area contributed by atoms with E-state index in [9.17, 15) is 5.11 Å². The van der Waals surface area contributed by atoms with E-state index in [1.54, 1.807) is 6.20 Å². The van der Waals surface area contributed by atoms with Gasteiger partial charge in [-0.1, -0.05) is 15.9 Å². The van der Waals surface area contributed by atoms with Gasteiger partial charge in [-0.15, -0.1) is 0 Å². The van der Waals surface area contributed by atoms with Crippen LogP contribution in [0.2, 0.25) is 0 Å². The first kappa shape index (κ1) is 9.74. The molecule has 1 unspecified atom stereocenters. The lowest BCUT2D eigenvalue weighted by molar-refractivity contribution is 0.131. The molecule has 1 N–H and O–H groups in total. The smallest absolute Gasteiger partial charge is 0.222 e. The fourth-order valence-corrected chi connectivity index (χ4v) is 1.35. The van der Waals surface area contributed by atoms with Crippen LogP contribution in [0.4, 0.5) is 0 Å². The number of nitrogens with zero attached hydrogens (tertiary/aromatic N) is 1. The highest BCUT2D eigenvalue weighted by Gasteiger charge is 2.10. The van der Waals surface area contributed by atoms with Gasteiger partial charge in [-0.25, -0.2) is 4.98 Å². The Hall–Kier alpha value is -0.350. The second-order valence-electron chi connectivity index (χ2n) is 2.57. The monoisotopic (exact) mass is 233 g/mol. The molecule has 4 heteroatoms. The van der Waals surface area contributed by atoms with Crippen molar-refractivity contribution in [1.29, 1.82) is 0 Å². The van der Waals surface area contributed by atoms with Gasteiger partial charge in [0.2, 0.25) is 5.89 Å². The maximum absolute atomic E-state index is 9.46. The summed E-state index contributed by atoms with van der Waals surface area (Å²) in [4.78, 5) is 3.87. The summed E-state index contributed by atoms with van der Waals surface area (Å²) in [6, 6.07) is 0. The van der Waals surface area contributed by atoms with Crippen molar-refractivity contribution in [2.45, 2.75) is 25.4 Å². The molecule has 0 aliphatic carbocycles. The minimum absolute atomic E-state index is 0.421. The molecule has 12 heavy (non-hydrogen) atoms. The lowest BCUT2D eigenvalue weighted by Crippen LogP contribution is -1.97. The van der Waals surface area contributed by atoms with Crippen molar-refractivity contribution in [3.05, 3.63) is 18.4 Å². The van der Waals surface area contributed by atoms with Crippen LogP contribution in [0.5, 0.6) is 0 Å². The molecule has 68 valence electrons. The molecule has 0 amide bonds. The molecule has 1 atom stereocenters. The van der Waals surface area contributed by atoms with E-state index in [1.807, 2.05) is 0 Å². The number of alkyl halides is 1. The summed E-state index contributed by atoms with van der Waals surface area (Å²) < 4.78 is 4.95. The van der Waals surface area contributed by atoms with Crippen LogP contribution in [0.1, 0.15) is 31.3 Å². The van der Waals surface area contributed by atoms with Gasteiger partial charge in [-0.2, -0.15) is 0 Å². The topological polar surface area (TPSA) is 46.3 Å². The molecular formula is C8H12BrNO2. The lowest BCUT2D eigenvalue weighted by Gasteiger charge is -2.04. The maximum atomic E-state index is 9.46. The zero-order valence-corrected chi connectivity index (χ0v) is 8.33. The largest absolute Gasteiger partial charge is 0.446 e. The molecule has 0 aromatic carbocycles. The molecular weight excluding hydrogens is 222 g/mol. The number of hydrogen-bond acceptors (Lipinski definition) is 3. The summed E-state index contributed by atoms with van der Waals surface area (Å²) >= 11 is 3.33. The van der Waals surface area contributed by atoms with E-state index in [0.717, 1.165) is 18.2 Å². The molecule has 1 rings (SSSR count). The first-order chi connectivity index (χ1) is 5.84. The van der Waals surface area contributed by atoms with Gasteiger partial charge in [0, 0.05) is 5.33 Å². The van der Waals surface area contributed by atoms with Crippen molar-refractivity contribution in [3.63, 3.8) is 0 Å². The first-order valence-corrected chi connectivity index (χ1v) is 5.10. The average molecular weight is 234 g/mol. The SMILES string of the molecule is OC(CCCCBr)c1ncco1. The third-order valence-corrected chi connectivity index (χ3v) is 2.16. The van der Waals surface area contributed by atoms with Crippen LogP contribution in [-0.2, 0) is 0 Å². The van der Waals surface area contributed by atoms with Crippen LogP contribution >= 0.6 is 15.9 Å². The Labute approximate surface area is 79.9 Å². The Balaban J connectivity index is 2.25. The summed E-state index contributed by atoms with van der Waals surface area (Å²) in [5.74, 6) is 0.421. The second-order valence-corrected chi connectivity index (χ2v) is 3.36. The first-order valence-electron chi connectivity index (χ1n) is 3.98. The Morgan fingerprint density at radius 3 is 3.00 bits per heavy atom. The number of hydrogen-bond donors (Lipinski definition) is 1. The highest BCUT2D eigenvalue weighted by atomic mass is 79.9. The minimum Gasteiger partial charge on any atom is -0.446 e. The highest BCUT2D eigenvalue weighted by Crippen LogP contribution is 2.16. The Morgan fingerprint density at radius 2 is 2.42 bits per heavy atom. The van der Waals surface area contributed by atoms with Crippen molar-refractivity contribution in [2.75, 3.05) is 5.33 Å². The van der Waals surface area contributed by atoms with Crippen molar-refractivity contribution < 1.29 is 9.52 Å². The highest BCUT2D eigenvalue weighted by molar-refractivity contribution is 9.09. The number of aliphatic hydroxyl groups excluding tert-OH is 1. The molecule has 1 aromatic rings. The van der Waals surface area contributed by atoms with Crippen LogP contribution in [0.3, 0.4) is 0 Å². The second kappa shape index (κ2) is 5.32. The average Bonchev–Trinajstić information content (AvgIpc) is 2.56. The van der Waals surface area contributed by atoms with Gasteiger partial charge in [0.15, 0.2) is 0 Å². The summed E-state index contributed by atoms with van der Waals surface area (Å²) in [5, 5.41) is 10.4. The molecule has 0 bridgehead atoms. The van der Waals surface area contributed by atoms with E-state index in [-0.39, 0.29) is 0 Å². The van der Waals surface area contributed by atoms with Gasteiger partial charge in [-0.05, 0) is 19.3 Å². The van der Waals surface area contributed by atoms with E-state index in [4.69, 9.17) is 4.42 Å². The lowest BCUT2D eigenvalue weighted by atomic mass is 10.2. The van der Waals surface area contributed by atoms with E-state index in [1.165, 1.54) is 6.26 Å². The predicted molar refractivity (Wildman–Crippen MR) is 49.1 cm³/mol. The van der Waals surface area contributed by atoms with Crippen LogP contribution in [0.15, 0.2) is 16.9 Å². The Kier molecular flexibility index (Phi) is 4.32. The standard InChI is InChI=1S/C8H12BrNO2/c9-4-2-1-3-7(11)8-10-5-6-12-8/h5-7,11H,1-4H2. The number of aromatic nitrogens is 1. The molecule has 0 spiro atoms. The van der Waals surface area contributed by atoms with Crippen LogP contribution in [0, 0.1) is 0 Å². The molecule has 1 aromatic heterocycles. The van der Waals surface area contributed by atoms with Gasteiger partial charge in [-0.3, -0.25) is 0 Å². The molecule has 1 heterocycles. The zero-order valence-electron chi connectivity index (χ0n) is 6.74. The normalized spacial score (nSPS) is 13.2. The Bertz CT molecular complexity index is 201. The fourth-order valence-electron chi connectivity index (χ4n) is 0.955. The number of unbranched alkanes of at least 4 members (excludes halogenated alkanes) is 1. The summed E-state index contributed by atoms with van der Waals surface area (Å²) in [7, 11) is 0. The number of aliphatic hydroxyl groups is 1. The predicted octanol–water partition coefficient (Wildman–Crippen LogP) is 2.27. The number of halogens is 1. The Morgan fingerprint density at radius 1 is 1.58 bits per heavy atom. The van der Waals surface area contributed by atoms with Crippen molar-refractivity contribution >= 4 is 15.9 Å². The van der Waals surface area contributed by atoms with Crippen molar-refractivity contribution in [3.8, 4) is 0 Å². The van der Waals surface area contributed by atoms with Gasteiger partial charge >= 0.3 is 0 Å². The summed E-state index contributed by atoms with van der Waals surface area (Å²) in [6.07, 6.45) is 5.24. The van der Waals surface area contributed by atoms with Crippen molar-refractivity contribution in [1.82, 2.24) is 4.98 Å². The van der Waals surface area contributed by atoms with E-state index in [0.29, 0.717) is 12.3 Å². The third-order valence-electron chi connectivity index (χ3n) is 1.60. The van der Waals surface area contributed by atoms with Gasteiger partial charge in [0.25, 0.3) is 0 Å². The zero-order chi connectivity index (χ0) is 8.81. The quantitative estimate of drug-likeness (QED) is 0.627. The fraction of sp³-hybridized carbons (Fsp3) is 0.625. The van der Waals surface area contributed by atoms with E-state index >= 15 is 0 Å². The molecule has 0 radical (unpaired) electrons. The number of oxazole rings is 1. The molecule has 0 aliphatic rings. The molecule has 0 saturated heterocycles. The van der Waals surface area contributed by atoms with Crippen molar-refractivity contribution in [2.24, 2.45) is 0 Å². The van der Waals surface area contributed by atoms with Gasteiger partial charge in [0.1, 0.15) is 12.4 Å². The van der Waals surface area contributed by atoms with E-state index < -0.39 is 6.10 Å². The van der Waals surface area contributed by atoms with Crippen LogP contribution in [-0.4, -0.2) is 15.4 Å². The number of rotatable bonds is 5. The van der Waals surface area contributed by atoms with Gasteiger partial charge in [0.05, 0.1) is 6.20 Å². The third kappa shape index (κ3) is 2.95. The summed E-state index contributed by atoms with van der Waals surface area (Å²) in [6.45, 7) is 0. The molecule has 0 aliphatic heterocycles. The molecule has 0 fully saturated rings. The maximum Gasteiger partial charge on any atom is 0.222 e. The van der Waals surface area contributed by atoms with Gasteiger partial charge < -0.3 is 9.52 Å².